The van der Waals surface area contributed by atoms with Crippen LogP contribution in [0.2, 0.25) is 0 Å². The Kier molecular flexibility index (Phi) is 5.06. The van der Waals surface area contributed by atoms with Crippen molar-refractivity contribution in [1.29, 1.82) is 0 Å². The van der Waals surface area contributed by atoms with Crippen molar-refractivity contribution in [3.8, 4) is 10.6 Å². The molecule has 0 spiro atoms. The van der Waals surface area contributed by atoms with Gasteiger partial charge < -0.3 is 5.32 Å². The average Bonchev–Trinajstić information content (AvgIpc) is 3.11. The van der Waals surface area contributed by atoms with Crippen LogP contribution in [0.25, 0.3) is 10.6 Å². The summed E-state index contributed by atoms with van der Waals surface area (Å²) in [6.07, 6.45) is 0. The minimum Gasteiger partial charge on any atom is -0.344 e. The minimum absolute atomic E-state index is 0.0272. The Morgan fingerprint density at radius 2 is 1.62 bits per heavy atom. The predicted octanol–water partition coefficient (Wildman–Crippen LogP) is 4.94. The van der Waals surface area contributed by atoms with Gasteiger partial charge in [-0.15, -0.1) is 11.3 Å². The third-order valence-corrected chi connectivity index (χ3v) is 4.76. The van der Waals surface area contributed by atoms with Crippen LogP contribution in [-0.2, 0) is 0 Å². The van der Waals surface area contributed by atoms with E-state index >= 15 is 0 Å². The van der Waals surface area contributed by atoms with Gasteiger partial charge in [-0.2, -0.15) is 0 Å². The highest BCUT2D eigenvalue weighted by molar-refractivity contribution is 7.13. The molecule has 122 valence electrons. The van der Waals surface area contributed by atoms with E-state index in [1.807, 2.05) is 66.0 Å². The molecule has 3 aromatic rings. The van der Waals surface area contributed by atoms with E-state index in [4.69, 9.17) is 0 Å². The molecule has 0 aliphatic carbocycles. The van der Waals surface area contributed by atoms with Crippen molar-refractivity contribution in [2.75, 3.05) is 0 Å². The molecule has 2 aromatic carbocycles. The normalized spacial score (nSPS) is 12.1. The largest absolute Gasteiger partial charge is 0.344 e. The molecular formula is C20H20N2OS. The van der Waals surface area contributed by atoms with E-state index in [1.165, 1.54) is 11.3 Å². The van der Waals surface area contributed by atoms with Crippen molar-refractivity contribution in [2.45, 2.75) is 19.9 Å². The SMILES string of the molecule is CC(C)C(NC(=O)c1csc(-c2ccccc2)n1)c1ccccc1. The van der Waals surface area contributed by atoms with Gasteiger partial charge in [0, 0.05) is 10.9 Å². The van der Waals surface area contributed by atoms with Crippen LogP contribution in [-0.4, -0.2) is 10.9 Å². The topological polar surface area (TPSA) is 42.0 Å². The van der Waals surface area contributed by atoms with Crippen LogP contribution < -0.4 is 5.32 Å². The van der Waals surface area contributed by atoms with Gasteiger partial charge in [0.15, 0.2) is 0 Å². The molecule has 1 N–H and O–H groups in total. The van der Waals surface area contributed by atoms with E-state index < -0.39 is 0 Å². The van der Waals surface area contributed by atoms with Crippen LogP contribution >= 0.6 is 11.3 Å². The van der Waals surface area contributed by atoms with Crippen LogP contribution in [0.1, 0.15) is 35.9 Å². The molecule has 0 saturated heterocycles. The maximum Gasteiger partial charge on any atom is 0.271 e. The van der Waals surface area contributed by atoms with E-state index in [0.29, 0.717) is 11.6 Å². The van der Waals surface area contributed by atoms with Crippen molar-refractivity contribution < 1.29 is 4.79 Å². The molecule has 1 atom stereocenters. The van der Waals surface area contributed by atoms with Crippen LogP contribution in [0.5, 0.6) is 0 Å². The lowest BCUT2D eigenvalue weighted by Crippen LogP contribution is -2.31. The third kappa shape index (κ3) is 3.71. The van der Waals surface area contributed by atoms with Gasteiger partial charge in [-0.25, -0.2) is 4.98 Å². The summed E-state index contributed by atoms with van der Waals surface area (Å²) in [5.74, 6) is 0.166. The molecule has 3 rings (SSSR count). The van der Waals surface area contributed by atoms with E-state index in [0.717, 1.165) is 16.1 Å². The fourth-order valence-corrected chi connectivity index (χ4v) is 3.41. The van der Waals surface area contributed by atoms with Gasteiger partial charge in [-0.1, -0.05) is 74.5 Å². The second kappa shape index (κ2) is 7.41. The van der Waals surface area contributed by atoms with Crippen molar-refractivity contribution in [3.63, 3.8) is 0 Å². The molecule has 1 heterocycles. The smallest absolute Gasteiger partial charge is 0.271 e. The number of amides is 1. The Labute approximate surface area is 146 Å². The number of benzene rings is 2. The fourth-order valence-electron chi connectivity index (χ4n) is 2.60. The number of rotatable bonds is 5. The number of carbonyl (C=O) groups excluding carboxylic acids is 1. The van der Waals surface area contributed by atoms with Crippen molar-refractivity contribution in [3.05, 3.63) is 77.3 Å². The highest BCUT2D eigenvalue weighted by atomic mass is 32.1. The van der Waals surface area contributed by atoms with Crippen LogP contribution in [0, 0.1) is 5.92 Å². The average molecular weight is 336 g/mol. The maximum atomic E-state index is 12.6. The molecule has 4 heteroatoms. The first-order chi connectivity index (χ1) is 11.6. The Morgan fingerprint density at radius 1 is 1.00 bits per heavy atom. The van der Waals surface area contributed by atoms with Gasteiger partial charge in [0.05, 0.1) is 6.04 Å². The van der Waals surface area contributed by atoms with Gasteiger partial charge >= 0.3 is 0 Å². The zero-order valence-corrected chi connectivity index (χ0v) is 14.6. The van der Waals surface area contributed by atoms with Gasteiger partial charge in [-0.05, 0) is 11.5 Å². The van der Waals surface area contributed by atoms with E-state index in [1.54, 1.807) is 0 Å². The standard InChI is InChI=1S/C20H20N2OS/c1-14(2)18(15-9-5-3-6-10-15)22-19(23)17-13-24-20(21-17)16-11-7-4-8-12-16/h3-14,18H,1-2H3,(H,22,23). The van der Waals surface area contributed by atoms with Crippen LogP contribution in [0.4, 0.5) is 0 Å². The molecule has 0 saturated carbocycles. The fraction of sp³-hybridized carbons (Fsp3) is 0.200. The predicted molar refractivity (Wildman–Crippen MR) is 99.0 cm³/mol. The zero-order valence-electron chi connectivity index (χ0n) is 13.8. The lowest BCUT2D eigenvalue weighted by Gasteiger charge is -2.22. The number of hydrogen-bond acceptors (Lipinski definition) is 3. The van der Waals surface area contributed by atoms with Gasteiger partial charge in [0.25, 0.3) is 5.91 Å². The Morgan fingerprint density at radius 3 is 2.25 bits per heavy atom. The molecule has 0 bridgehead atoms. The van der Waals surface area contributed by atoms with Gasteiger partial charge in [0.2, 0.25) is 0 Å². The highest BCUT2D eigenvalue weighted by Crippen LogP contribution is 2.25. The maximum absolute atomic E-state index is 12.6. The zero-order chi connectivity index (χ0) is 16.9. The molecule has 24 heavy (non-hydrogen) atoms. The molecule has 0 radical (unpaired) electrons. The molecule has 3 nitrogen and oxygen atoms in total. The lowest BCUT2D eigenvalue weighted by atomic mass is 9.96. The van der Waals surface area contributed by atoms with Crippen molar-refractivity contribution >= 4 is 17.2 Å². The van der Waals surface area contributed by atoms with Gasteiger partial charge in [-0.3, -0.25) is 4.79 Å². The molecule has 1 amide bonds. The quantitative estimate of drug-likeness (QED) is 0.717. The summed E-state index contributed by atoms with van der Waals surface area (Å²) >= 11 is 1.49. The molecule has 1 aromatic heterocycles. The Bertz CT molecular complexity index is 797. The first-order valence-electron chi connectivity index (χ1n) is 8.02. The Balaban J connectivity index is 1.78. The molecule has 0 aliphatic heterocycles. The van der Waals surface area contributed by atoms with E-state index in [2.05, 4.69) is 24.1 Å². The summed E-state index contributed by atoms with van der Waals surface area (Å²) < 4.78 is 0. The molecule has 0 aliphatic rings. The number of hydrogen-bond donors (Lipinski definition) is 1. The first kappa shape index (κ1) is 16.4. The number of thiazole rings is 1. The highest BCUT2D eigenvalue weighted by Gasteiger charge is 2.20. The molecule has 1 unspecified atom stereocenters. The second-order valence-electron chi connectivity index (χ2n) is 6.01. The van der Waals surface area contributed by atoms with Crippen molar-refractivity contribution in [2.24, 2.45) is 5.92 Å². The van der Waals surface area contributed by atoms with Crippen LogP contribution in [0.15, 0.2) is 66.0 Å². The summed E-state index contributed by atoms with van der Waals surface area (Å²) in [4.78, 5) is 17.1. The number of nitrogens with zero attached hydrogens (tertiary/aromatic N) is 1. The second-order valence-corrected chi connectivity index (χ2v) is 6.87. The first-order valence-corrected chi connectivity index (χ1v) is 8.90. The number of nitrogens with one attached hydrogen (secondary N) is 1. The summed E-state index contributed by atoms with van der Waals surface area (Å²) in [5, 5.41) is 5.80. The van der Waals surface area contributed by atoms with E-state index in [-0.39, 0.29) is 11.9 Å². The van der Waals surface area contributed by atoms with Crippen LogP contribution in [0.3, 0.4) is 0 Å². The minimum atomic E-state index is -0.129. The summed E-state index contributed by atoms with van der Waals surface area (Å²) in [7, 11) is 0. The third-order valence-electron chi connectivity index (χ3n) is 3.87. The summed E-state index contributed by atoms with van der Waals surface area (Å²) in [6.45, 7) is 4.21. The molecule has 0 fully saturated rings. The van der Waals surface area contributed by atoms with Crippen molar-refractivity contribution in [1.82, 2.24) is 10.3 Å². The number of carbonyl (C=O) groups is 1. The molecular weight excluding hydrogens is 316 g/mol. The summed E-state index contributed by atoms with van der Waals surface area (Å²) in [6, 6.07) is 19.9. The lowest BCUT2D eigenvalue weighted by molar-refractivity contribution is 0.0921. The van der Waals surface area contributed by atoms with Gasteiger partial charge in [0.1, 0.15) is 10.7 Å². The summed E-state index contributed by atoms with van der Waals surface area (Å²) in [5.41, 5.74) is 2.62. The number of aromatic nitrogens is 1. The van der Waals surface area contributed by atoms with E-state index in [9.17, 15) is 4.79 Å². The Hall–Kier alpha value is -2.46. The monoisotopic (exact) mass is 336 g/mol.